The van der Waals surface area contributed by atoms with Crippen LogP contribution in [0.15, 0.2) is 66.5 Å². The molecule has 0 spiro atoms. The molecule has 1 saturated heterocycles. The van der Waals surface area contributed by atoms with Crippen LogP contribution in [-0.2, 0) is 14.8 Å². The van der Waals surface area contributed by atoms with E-state index in [0.717, 1.165) is 12.1 Å². The van der Waals surface area contributed by atoms with Crippen molar-refractivity contribution in [2.45, 2.75) is 17.4 Å². The number of hydrogen-bond acceptors (Lipinski definition) is 9. The maximum absolute atomic E-state index is 14.2. The Labute approximate surface area is 228 Å². The van der Waals surface area contributed by atoms with Gasteiger partial charge in [0, 0.05) is 37.0 Å². The maximum atomic E-state index is 14.2. The van der Waals surface area contributed by atoms with Gasteiger partial charge >= 0.3 is 0 Å². The van der Waals surface area contributed by atoms with E-state index in [9.17, 15) is 22.0 Å². The number of nitrogens with one attached hydrogen (secondary N) is 2. The fourth-order valence-electron chi connectivity index (χ4n) is 4.33. The summed E-state index contributed by atoms with van der Waals surface area (Å²) in [5.41, 5.74) is 1.78. The van der Waals surface area contributed by atoms with Gasteiger partial charge in [0.25, 0.3) is 10.0 Å². The van der Waals surface area contributed by atoms with Crippen LogP contribution in [0.4, 0.5) is 20.3 Å². The third kappa shape index (κ3) is 5.38. The fraction of sp³-hybridized carbons (Fsp3) is 0.192. The summed E-state index contributed by atoms with van der Waals surface area (Å²) < 4.78 is 60.8. The number of rotatable bonds is 8. The van der Waals surface area contributed by atoms with Crippen molar-refractivity contribution in [3.8, 4) is 17.1 Å². The van der Waals surface area contributed by atoms with Crippen LogP contribution in [0.1, 0.15) is 6.42 Å². The molecule has 3 aromatic heterocycles. The quantitative estimate of drug-likeness (QED) is 0.307. The molecular formula is C26H23F2N7O4S. The molecule has 1 aromatic carbocycles. The van der Waals surface area contributed by atoms with Gasteiger partial charge in [-0.3, -0.25) is 9.52 Å². The standard InChI is InChI=1S/C26H23F2N7O4S/c1-3-23(36)35-9-8-17(13-35)32-25-24-20(30-14-31-25)6-5-19(33-24)15-10-21(26(39-2)29-12-15)34-40(37,38)22-7-4-16(27)11-18(22)28/h3-7,10-12,14,17,34H,1,8-9,13H2,2H3,(H,30,31,32). The highest BCUT2D eigenvalue weighted by Crippen LogP contribution is 2.31. The number of sulfonamides is 1. The van der Waals surface area contributed by atoms with Crippen molar-refractivity contribution in [2.75, 3.05) is 30.2 Å². The Morgan fingerprint density at radius 2 is 2.00 bits per heavy atom. The molecule has 1 unspecified atom stereocenters. The average molecular weight is 568 g/mol. The van der Waals surface area contributed by atoms with Crippen LogP contribution in [0.25, 0.3) is 22.3 Å². The van der Waals surface area contributed by atoms with E-state index in [2.05, 4.69) is 36.6 Å². The van der Waals surface area contributed by atoms with Gasteiger partial charge in [-0.2, -0.15) is 0 Å². The smallest absolute Gasteiger partial charge is 0.264 e. The number of likely N-dealkylation sites (tertiary alicyclic amines) is 1. The third-order valence-corrected chi connectivity index (χ3v) is 7.66. The van der Waals surface area contributed by atoms with Crippen LogP contribution in [0.5, 0.6) is 5.88 Å². The Morgan fingerprint density at radius 1 is 1.18 bits per heavy atom. The number of carbonyl (C=O) groups is 1. The molecule has 1 atom stereocenters. The molecule has 1 aliphatic rings. The zero-order valence-electron chi connectivity index (χ0n) is 21.1. The maximum Gasteiger partial charge on any atom is 0.264 e. The first-order valence-electron chi connectivity index (χ1n) is 12.0. The number of aromatic nitrogens is 4. The number of ether oxygens (including phenoxy) is 1. The van der Waals surface area contributed by atoms with Crippen LogP contribution in [-0.4, -0.2) is 65.4 Å². The lowest BCUT2D eigenvalue weighted by Gasteiger charge is -2.16. The summed E-state index contributed by atoms with van der Waals surface area (Å²) >= 11 is 0. The van der Waals surface area contributed by atoms with Gasteiger partial charge in [0.05, 0.1) is 18.3 Å². The van der Waals surface area contributed by atoms with Crippen molar-refractivity contribution in [1.82, 2.24) is 24.8 Å². The number of fused-ring (bicyclic) bond motifs is 1. The van der Waals surface area contributed by atoms with Crippen LogP contribution in [0.2, 0.25) is 0 Å². The highest BCUT2D eigenvalue weighted by Gasteiger charge is 2.26. The van der Waals surface area contributed by atoms with E-state index in [1.54, 1.807) is 17.0 Å². The first-order chi connectivity index (χ1) is 19.2. The number of nitrogens with zero attached hydrogens (tertiary/aromatic N) is 5. The predicted molar refractivity (Wildman–Crippen MR) is 143 cm³/mol. The second-order valence-electron chi connectivity index (χ2n) is 8.87. The van der Waals surface area contributed by atoms with Crippen LogP contribution >= 0.6 is 0 Å². The Bertz CT molecular complexity index is 1740. The van der Waals surface area contributed by atoms with Crippen molar-refractivity contribution >= 4 is 38.5 Å². The van der Waals surface area contributed by atoms with Gasteiger partial charge in [-0.05, 0) is 42.8 Å². The molecule has 40 heavy (non-hydrogen) atoms. The first-order valence-corrected chi connectivity index (χ1v) is 13.5. The van der Waals surface area contributed by atoms with E-state index >= 15 is 0 Å². The molecule has 5 rings (SSSR count). The topological polar surface area (TPSA) is 139 Å². The molecule has 1 aliphatic heterocycles. The van der Waals surface area contributed by atoms with Gasteiger partial charge in [0.15, 0.2) is 5.82 Å². The Morgan fingerprint density at radius 3 is 2.75 bits per heavy atom. The Hall–Kier alpha value is -4.72. The van der Waals surface area contributed by atoms with Gasteiger partial charge in [0.2, 0.25) is 11.8 Å². The number of amides is 1. The summed E-state index contributed by atoms with van der Waals surface area (Å²) in [6.07, 6.45) is 4.84. The molecule has 206 valence electrons. The molecule has 2 N–H and O–H groups in total. The predicted octanol–water partition coefficient (Wildman–Crippen LogP) is 3.37. The fourth-order valence-corrected chi connectivity index (χ4v) is 5.44. The van der Waals surface area contributed by atoms with E-state index in [1.807, 2.05) is 0 Å². The largest absolute Gasteiger partial charge is 0.480 e. The van der Waals surface area contributed by atoms with Gasteiger partial charge in [-0.1, -0.05) is 6.58 Å². The normalized spacial score (nSPS) is 15.2. The van der Waals surface area contributed by atoms with Gasteiger partial charge < -0.3 is 15.0 Å². The molecule has 1 fully saturated rings. The summed E-state index contributed by atoms with van der Waals surface area (Å²) in [5, 5.41) is 3.33. The van der Waals surface area contributed by atoms with Crippen molar-refractivity contribution in [2.24, 2.45) is 0 Å². The summed E-state index contributed by atoms with van der Waals surface area (Å²) in [7, 11) is -3.16. The molecule has 1 amide bonds. The summed E-state index contributed by atoms with van der Waals surface area (Å²) in [4.78, 5) is 30.4. The van der Waals surface area contributed by atoms with E-state index in [0.29, 0.717) is 53.7 Å². The van der Waals surface area contributed by atoms with Gasteiger partial charge in [-0.15, -0.1) is 0 Å². The number of halogens is 2. The number of benzene rings is 1. The lowest BCUT2D eigenvalue weighted by Crippen LogP contribution is -2.30. The zero-order chi connectivity index (χ0) is 28.4. The van der Waals surface area contributed by atoms with Crippen LogP contribution in [0, 0.1) is 11.6 Å². The highest BCUT2D eigenvalue weighted by molar-refractivity contribution is 7.92. The molecule has 4 aromatic rings. The highest BCUT2D eigenvalue weighted by atomic mass is 32.2. The summed E-state index contributed by atoms with van der Waals surface area (Å²) in [6.45, 7) is 4.60. The van der Waals surface area contributed by atoms with E-state index in [1.165, 1.54) is 31.8 Å². The van der Waals surface area contributed by atoms with E-state index < -0.39 is 26.6 Å². The first kappa shape index (κ1) is 26.9. The molecular weight excluding hydrogens is 544 g/mol. The molecule has 0 radical (unpaired) electrons. The molecule has 0 aliphatic carbocycles. The van der Waals surface area contributed by atoms with Gasteiger partial charge in [0.1, 0.15) is 34.1 Å². The van der Waals surface area contributed by atoms with Gasteiger partial charge in [-0.25, -0.2) is 37.1 Å². The number of hydrogen-bond donors (Lipinski definition) is 2. The average Bonchev–Trinajstić information content (AvgIpc) is 3.40. The molecule has 11 nitrogen and oxygen atoms in total. The van der Waals surface area contributed by atoms with Crippen LogP contribution < -0.4 is 14.8 Å². The van der Waals surface area contributed by atoms with Crippen LogP contribution in [0.3, 0.4) is 0 Å². The monoisotopic (exact) mass is 567 g/mol. The number of anilines is 2. The molecule has 0 bridgehead atoms. The summed E-state index contributed by atoms with van der Waals surface area (Å²) in [6, 6.07) is 6.95. The number of pyridine rings is 2. The minimum Gasteiger partial charge on any atom is -0.480 e. The zero-order valence-corrected chi connectivity index (χ0v) is 22.0. The minimum absolute atomic E-state index is 0.0528. The lowest BCUT2D eigenvalue weighted by molar-refractivity contribution is -0.125. The second-order valence-corrected chi connectivity index (χ2v) is 10.5. The van der Waals surface area contributed by atoms with E-state index in [4.69, 9.17) is 4.74 Å². The Balaban J connectivity index is 1.47. The number of methoxy groups -OCH3 is 1. The van der Waals surface area contributed by atoms with Crippen molar-refractivity contribution in [3.05, 3.63) is 73.2 Å². The minimum atomic E-state index is -4.46. The molecule has 0 saturated carbocycles. The van der Waals surface area contributed by atoms with Crippen molar-refractivity contribution in [3.63, 3.8) is 0 Å². The van der Waals surface area contributed by atoms with Crippen molar-refractivity contribution in [1.29, 1.82) is 0 Å². The molecule has 14 heteroatoms. The SMILES string of the molecule is C=CC(=O)N1CCC(Nc2ncnc3ccc(-c4cnc(OC)c(NS(=O)(=O)c5ccc(F)cc5F)c4)nc23)C1. The third-order valence-electron chi connectivity index (χ3n) is 6.27. The Kier molecular flexibility index (Phi) is 7.26. The summed E-state index contributed by atoms with van der Waals surface area (Å²) in [5.74, 6) is -1.89. The number of carbonyl (C=O) groups excluding carboxylic acids is 1. The van der Waals surface area contributed by atoms with Crippen molar-refractivity contribution < 1.29 is 26.7 Å². The lowest BCUT2D eigenvalue weighted by atomic mass is 10.1. The van der Waals surface area contributed by atoms with E-state index in [-0.39, 0.29) is 23.5 Å². The molecule has 4 heterocycles. The second kappa shape index (κ2) is 10.8.